The molecular weight excluding hydrogens is 266 g/mol. The molecule has 0 spiro atoms. The van der Waals surface area contributed by atoms with Gasteiger partial charge in [0.15, 0.2) is 11.8 Å². The summed E-state index contributed by atoms with van der Waals surface area (Å²) >= 11 is 0. The molecule has 1 unspecified atom stereocenters. The predicted octanol–water partition coefficient (Wildman–Crippen LogP) is 2.44. The Morgan fingerprint density at radius 1 is 1.33 bits per heavy atom. The second-order valence-electron chi connectivity index (χ2n) is 5.38. The number of aliphatic imine (C=N–C) groups is 1. The highest BCUT2D eigenvalue weighted by Gasteiger charge is 2.06. The summed E-state index contributed by atoms with van der Waals surface area (Å²) in [5.41, 5.74) is 0. The Labute approximate surface area is 127 Å². The summed E-state index contributed by atoms with van der Waals surface area (Å²) in [6, 6.07) is 0.429. The van der Waals surface area contributed by atoms with Crippen molar-refractivity contribution in [3.05, 3.63) is 11.7 Å². The topological polar surface area (TPSA) is 75.3 Å². The van der Waals surface area contributed by atoms with Crippen molar-refractivity contribution in [2.24, 2.45) is 4.99 Å². The van der Waals surface area contributed by atoms with E-state index in [1.54, 1.807) is 7.05 Å². The maximum Gasteiger partial charge on any atom is 0.228 e. The van der Waals surface area contributed by atoms with Crippen LogP contribution < -0.4 is 10.6 Å². The van der Waals surface area contributed by atoms with E-state index in [-0.39, 0.29) is 0 Å². The summed E-state index contributed by atoms with van der Waals surface area (Å²) in [6.45, 7) is 6.98. The standard InChI is InChI=1S/C15H29N5O/c1-5-6-7-8-9-12(2)18-15(16-4)17-11-10-14-19-13(3)20-21-14/h12H,5-11H2,1-4H3,(H2,16,17,18). The molecule has 1 rings (SSSR count). The minimum absolute atomic E-state index is 0.429. The molecule has 6 nitrogen and oxygen atoms in total. The maximum atomic E-state index is 5.08. The van der Waals surface area contributed by atoms with Gasteiger partial charge < -0.3 is 15.2 Å². The molecule has 0 aliphatic heterocycles. The van der Waals surface area contributed by atoms with Crippen LogP contribution in [-0.4, -0.2) is 35.7 Å². The predicted molar refractivity (Wildman–Crippen MR) is 85.5 cm³/mol. The van der Waals surface area contributed by atoms with Crippen molar-refractivity contribution < 1.29 is 4.52 Å². The first kappa shape index (κ1) is 17.5. The largest absolute Gasteiger partial charge is 0.356 e. The second kappa shape index (κ2) is 10.2. The van der Waals surface area contributed by atoms with Crippen LogP contribution in [0, 0.1) is 6.92 Å². The van der Waals surface area contributed by atoms with Crippen LogP contribution in [0.15, 0.2) is 9.52 Å². The maximum absolute atomic E-state index is 5.08. The number of unbranched alkanes of at least 4 members (excludes halogenated alkanes) is 3. The number of nitrogens with one attached hydrogen (secondary N) is 2. The fourth-order valence-corrected chi connectivity index (χ4v) is 2.11. The van der Waals surface area contributed by atoms with Crippen LogP contribution in [0.1, 0.15) is 57.7 Å². The number of rotatable bonds is 9. The summed E-state index contributed by atoms with van der Waals surface area (Å²) < 4.78 is 5.08. The molecule has 0 amide bonds. The van der Waals surface area contributed by atoms with Crippen molar-refractivity contribution in [1.29, 1.82) is 0 Å². The summed E-state index contributed by atoms with van der Waals surface area (Å²) in [4.78, 5) is 8.41. The summed E-state index contributed by atoms with van der Waals surface area (Å²) in [5.74, 6) is 2.16. The number of aromatic nitrogens is 2. The van der Waals surface area contributed by atoms with E-state index in [0.717, 1.165) is 12.5 Å². The number of nitrogens with zero attached hydrogens (tertiary/aromatic N) is 3. The van der Waals surface area contributed by atoms with Crippen LogP contribution in [0.3, 0.4) is 0 Å². The molecule has 21 heavy (non-hydrogen) atoms. The van der Waals surface area contributed by atoms with E-state index >= 15 is 0 Å². The van der Waals surface area contributed by atoms with Crippen molar-refractivity contribution in [1.82, 2.24) is 20.8 Å². The highest BCUT2D eigenvalue weighted by molar-refractivity contribution is 5.79. The molecular formula is C15H29N5O. The Kier molecular flexibility index (Phi) is 8.47. The van der Waals surface area contributed by atoms with Gasteiger partial charge in [-0.2, -0.15) is 4.98 Å². The monoisotopic (exact) mass is 295 g/mol. The number of guanidine groups is 1. The summed E-state index contributed by atoms with van der Waals surface area (Å²) in [5, 5.41) is 10.4. The Hall–Kier alpha value is -1.59. The van der Waals surface area contributed by atoms with E-state index < -0.39 is 0 Å². The normalized spacial score (nSPS) is 13.2. The fourth-order valence-electron chi connectivity index (χ4n) is 2.11. The first-order valence-electron chi connectivity index (χ1n) is 7.92. The van der Waals surface area contributed by atoms with Gasteiger partial charge in [-0.1, -0.05) is 37.8 Å². The van der Waals surface area contributed by atoms with Crippen LogP contribution in [-0.2, 0) is 6.42 Å². The fraction of sp³-hybridized carbons (Fsp3) is 0.800. The molecule has 0 saturated carbocycles. The van der Waals surface area contributed by atoms with Gasteiger partial charge in [0.05, 0.1) is 0 Å². The average Bonchev–Trinajstić information content (AvgIpc) is 2.88. The summed E-state index contributed by atoms with van der Waals surface area (Å²) in [7, 11) is 1.79. The third kappa shape index (κ3) is 7.68. The zero-order valence-electron chi connectivity index (χ0n) is 13.8. The quantitative estimate of drug-likeness (QED) is 0.416. The first-order valence-corrected chi connectivity index (χ1v) is 7.92. The van der Waals surface area contributed by atoms with Gasteiger partial charge in [0.25, 0.3) is 0 Å². The SMILES string of the molecule is CCCCCCC(C)NC(=NC)NCCc1nc(C)no1. The highest BCUT2D eigenvalue weighted by atomic mass is 16.5. The average molecular weight is 295 g/mol. The van der Waals surface area contributed by atoms with Gasteiger partial charge in [-0.3, -0.25) is 4.99 Å². The molecule has 1 aromatic rings. The lowest BCUT2D eigenvalue weighted by atomic mass is 10.1. The molecule has 2 N–H and O–H groups in total. The molecule has 120 valence electrons. The number of hydrogen-bond donors (Lipinski definition) is 2. The van der Waals surface area contributed by atoms with E-state index in [1.165, 1.54) is 32.1 Å². The minimum atomic E-state index is 0.429. The molecule has 0 saturated heterocycles. The van der Waals surface area contributed by atoms with Gasteiger partial charge >= 0.3 is 0 Å². The molecule has 6 heteroatoms. The molecule has 1 atom stereocenters. The van der Waals surface area contributed by atoms with E-state index in [4.69, 9.17) is 4.52 Å². The van der Waals surface area contributed by atoms with Crippen molar-refractivity contribution in [3.8, 4) is 0 Å². The van der Waals surface area contributed by atoms with Gasteiger partial charge in [-0.05, 0) is 20.3 Å². The molecule has 0 bridgehead atoms. The van der Waals surface area contributed by atoms with Crippen LogP contribution in [0.2, 0.25) is 0 Å². The molecule has 0 aromatic carbocycles. The molecule has 0 radical (unpaired) electrons. The third-order valence-electron chi connectivity index (χ3n) is 3.30. The first-order chi connectivity index (χ1) is 10.2. The van der Waals surface area contributed by atoms with Crippen LogP contribution >= 0.6 is 0 Å². The van der Waals surface area contributed by atoms with E-state index in [9.17, 15) is 0 Å². The molecule has 0 aliphatic rings. The van der Waals surface area contributed by atoms with E-state index in [1.807, 2.05) is 6.92 Å². The minimum Gasteiger partial charge on any atom is -0.356 e. The lowest BCUT2D eigenvalue weighted by Crippen LogP contribution is -2.42. The molecule has 0 aliphatic carbocycles. The van der Waals surface area contributed by atoms with Gasteiger partial charge in [-0.25, -0.2) is 0 Å². The van der Waals surface area contributed by atoms with Gasteiger partial charge in [0.1, 0.15) is 0 Å². The van der Waals surface area contributed by atoms with Crippen molar-refractivity contribution in [3.63, 3.8) is 0 Å². The van der Waals surface area contributed by atoms with Gasteiger partial charge in [-0.15, -0.1) is 0 Å². The van der Waals surface area contributed by atoms with Gasteiger partial charge in [0.2, 0.25) is 5.89 Å². The van der Waals surface area contributed by atoms with Crippen LogP contribution in [0.5, 0.6) is 0 Å². The Morgan fingerprint density at radius 2 is 2.14 bits per heavy atom. The molecule has 1 aromatic heterocycles. The van der Waals surface area contributed by atoms with E-state index in [0.29, 0.717) is 24.2 Å². The van der Waals surface area contributed by atoms with Crippen molar-refractivity contribution in [2.75, 3.05) is 13.6 Å². The highest BCUT2D eigenvalue weighted by Crippen LogP contribution is 2.05. The smallest absolute Gasteiger partial charge is 0.228 e. The molecule has 1 heterocycles. The second-order valence-corrected chi connectivity index (χ2v) is 5.38. The number of hydrogen-bond acceptors (Lipinski definition) is 4. The lowest BCUT2D eigenvalue weighted by molar-refractivity contribution is 0.374. The zero-order valence-corrected chi connectivity index (χ0v) is 13.8. The third-order valence-corrected chi connectivity index (χ3v) is 3.30. The Bertz CT molecular complexity index is 416. The van der Waals surface area contributed by atoms with E-state index in [2.05, 4.69) is 39.6 Å². The van der Waals surface area contributed by atoms with Crippen molar-refractivity contribution >= 4 is 5.96 Å². The molecule has 0 fully saturated rings. The zero-order chi connectivity index (χ0) is 15.5. The summed E-state index contributed by atoms with van der Waals surface area (Å²) in [6.07, 6.45) is 7.05. The Morgan fingerprint density at radius 3 is 2.76 bits per heavy atom. The van der Waals surface area contributed by atoms with Gasteiger partial charge in [0, 0.05) is 26.1 Å². The number of aryl methyl sites for hydroxylation is 1. The van der Waals surface area contributed by atoms with Crippen LogP contribution in [0.25, 0.3) is 0 Å². The Balaban J connectivity index is 2.19. The van der Waals surface area contributed by atoms with Crippen LogP contribution in [0.4, 0.5) is 0 Å². The van der Waals surface area contributed by atoms with Crippen molar-refractivity contribution in [2.45, 2.75) is 65.3 Å². The lowest BCUT2D eigenvalue weighted by Gasteiger charge is -2.17.